The normalized spacial score (nSPS) is 22.9. The molecule has 0 aliphatic carbocycles. The molecular weight excluding hydrogens is 320 g/mol. The summed E-state index contributed by atoms with van der Waals surface area (Å²) >= 11 is 3.45. The molecule has 0 radical (unpaired) electrons. The van der Waals surface area contributed by atoms with Gasteiger partial charge in [0, 0.05) is 10.2 Å². The number of halogens is 1. The van der Waals surface area contributed by atoms with Gasteiger partial charge in [0.1, 0.15) is 12.1 Å². The van der Waals surface area contributed by atoms with Crippen molar-refractivity contribution < 1.29 is 9.59 Å². The first-order valence-corrected chi connectivity index (χ1v) is 7.70. The van der Waals surface area contributed by atoms with Crippen LogP contribution in [-0.4, -0.2) is 23.9 Å². The zero-order valence-electron chi connectivity index (χ0n) is 11.9. The molecule has 5 heteroatoms. The molecule has 20 heavy (non-hydrogen) atoms. The predicted molar refractivity (Wildman–Crippen MR) is 82.7 cm³/mol. The van der Waals surface area contributed by atoms with Crippen molar-refractivity contribution in [3.63, 3.8) is 0 Å². The minimum absolute atomic E-state index is 0.0309. The quantitative estimate of drug-likeness (QED) is 0.920. The molecule has 1 saturated heterocycles. The third kappa shape index (κ3) is 2.59. The van der Waals surface area contributed by atoms with Crippen LogP contribution in [0.2, 0.25) is 0 Å². The topological polar surface area (TPSA) is 49.4 Å². The zero-order chi connectivity index (χ0) is 14.9. The second-order valence-electron chi connectivity index (χ2n) is 4.98. The van der Waals surface area contributed by atoms with E-state index in [1.807, 2.05) is 32.0 Å². The number of hydrogen-bond donors (Lipinski definition) is 1. The van der Waals surface area contributed by atoms with Crippen LogP contribution in [0.15, 0.2) is 22.7 Å². The summed E-state index contributed by atoms with van der Waals surface area (Å²) in [6.07, 6.45) is 1.41. The molecular formula is C15H19BrN2O2. The minimum Gasteiger partial charge on any atom is -0.343 e. The van der Waals surface area contributed by atoms with Gasteiger partial charge in [0.15, 0.2) is 0 Å². The smallest absolute Gasteiger partial charge is 0.250 e. The van der Waals surface area contributed by atoms with E-state index in [2.05, 4.69) is 21.2 Å². The van der Waals surface area contributed by atoms with Crippen LogP contribution in [0.4, 0.5) is 5.69 Å². The Labute approximate surface area is 127 Å². The highest BCUT2D eigenvalue weighted by Gasteiger charge is 2.38. The minimum atomic E-state index is -0.475. The summed E-state index contributed by atoms with van der Waals surface area (Å²) < 4.78 is 0.978. The third-order valence-corrected chi connectivity index (χ3v) is 4.20. The summed E-state index contributed by atoms with van der Waals surface area (Å²) in [5.41, 5.74) is 1.89. The maximum atomic E-state index is 12.6. The van der Waals surface area contributed by atoms with Crippen molar-refractivity contribution in [3.05, 3.63) is 28.2 Å². The lowest BCUT2D eigenvalue weighted by molar-refractivity contribution is -0.133. The molecule has 1 aliphatic heterocycles. The van der Waals surface area contributed by atoms with E-state index in [0.29, 0.717) is 6.42 Å². The standard InChI is InChI=1S/C15H19BrN2O2/c1-4-10-8-11(16)6-7-13(10)18-9(3)14(19)17-12(5-2)15(18)20/h6-9,12H,4-5H2,1-3H3,(H,17,19). The van der Waals surface area contributed by atoms with Crippen molar-refractivity contribution >= 4 is 33.4 Å². The van der Waals surface area contributed by atoms with E-state index in [0.717, 1.165) is 22.1 Å². The highest BCUT2D eigenvalue weighted by molar-refractivity contribution is 9.10. The molecule has 0 spiro atoms. The summed E-state index contributed by atoms with van der Waals surface area (Å²) in [6.45, 7) is 5.71. The van der Waals surface area contributed by atoms with Crippen LogP contribution in [0.3, 0.4) is 0 Å². The Kier molecular flexibility index (Phi) is 4.48. The number of anilines is 1. The fourth-order valence-electron chi connectivity index (χ4n) is 2.51. The molecule has 1 N–H and O–H groups in total. The van der Waals surface area contributed by atoms with Crippen LogP contribution in [0, 0.1) is 0 Å². The van der Waals surface area contributed by atoms with E-state index in [9.17, 15) is 9.59 Å². The summed E-state index contributed by atoms with van der Waals surface area (Å²) in [7, 11) is 0. The first kappa shape index (κ1) is 15.0. The number of hydrogen-bond acceptors (Lipinski definition) is 2. The molecule has 1 heterocycles. The molecule has 2 atom stereocenters. The van der Waals surface area contributed by atoms with Gasteiger partial charge in [0.05, 0.1) is 0 Å². The molecule has 0 saturated carbocycles. The van der Waals surface area contributed by atoms with Gasteiger partial charge < -0.3 is 5.32 Å². The molecule has 108 valence electrons. The second-order valence-corrected chi connectivity index (χ2v) is 5.90. The molecule has 1 aliphatic rings. The Morgan fingerprint density at radius 3 is 2.60 bits per heavy atom. The number of piperazine rings is 1. The van der Waals surface area contributed by atoms with E-state index in [1.54, 1.807) is 11.8 Å². The lowest BCUT2D eigenvalue weighted by atomic mass is 10.0. The number of aryl methyl sites for hydroxylation is 1. The highest BCUT2D eigenvalue weighted by Crippen LogP contribution is 2.29. The van der Waals surface area contributed by atoms with Gasteiger partial charge in [-0.25, -0.2) is 0 Å². The Hall–Kier alpha value is -1.36. The van der Waals surface area contributed by atoms with E-state index in [-0.39, 0.29) is 11.8 Å². The second kappa shape index (κ2) is 5.95. The molecule has 1 aromatic rings. The average molecular weight is 339 g/mol. The van der Waals surface area contributed by atoms with Gasteiger partial charge in [-0.15, -0.1) is 0 Å². The van der Waals surface area contributed by atoms with E-state index < -0.39 is 12.1 Å². The van der Waals surface area contributed by atoms with Crippen LogP contribution in [0.5, 0.6) is 0 Å². The summed E-state index contributed by atoms with van der Waals surface area (Å²) in [5.74, 6) is -0.127. The summed E-state index contributed by atoms with van der Waals surface area (Å²) in [5, 5.41) is 2.77. The maximum Gasteiger partial charge on any atom is 0.250 e. The van der Waals surface area contributed by atoms with Gasteiger partial charge >= 0.3 is 0 Å². The molecule has 0 bridgehead atoms. The molecule has 2 unspecified atom stereocenters. The van der Waals surface area contributed by atoms with Crippen LogP contribution in [0.1, 0.15) is 32.8 Å². The lowest BCUT2D eigenvalue weighted by Crippen LogP contribution is -2.62. The van der Waals surface area contributed by atoms with Crippen LogP contribution < -0.4 is 10.2 Å². The Morgan fingerprint density at radius 2 is 2.00 bits per heavy atom. The fraction of sp³-hybridized carbons (Fsp3) is 0.467. The molecule has 4 nitrogen and oxygen atoms in total. The monoisotopic (exact) mass is 338 g/mol. The van der Waals surface area contributed by atoms with Gasteiger partial charge in [-0.1, -0.05) is 29.8 Å². The average Bonchev–Trinajstić information content (AvgIpc) is 2.44. The van der Waals surface area contributed by atoms with Crippen molar-refractivity contribution in [2.45, 2.75) is 45.7 Å². The summed E-state index contributed by atoms with van der Waals surface area (Å²) in [6, 6.07) is 4.91. The van der Waals surface area contributed by atoms with Gasteiger partial charge in [-0.05, 0) is 43.5 Å². The Balaban J connectivity index is 2.48. The lowest BCUT2D eigenvalue weighted by Gasteiger charge is -2.38. The Morgan fingerprint density at radius 1 is 1.30 bits per heavy atom. The van der Waals surface area contributed by atoms with Crippen molar-refractivity contribution in [1.82, 2.24) is 5.32 Å². The van der Waals surface area contributed by atoms with Crippen LogP contribution in [0.25, 0.3) is 0 Å². The Bertz CT molecular complexity index is 545. The summed E-state index contributed by atoms with van der Waals surface area (Å²) in [4.78, 5) is 26.2. The van der Waals surface area contributed by atoms with Gasteiger partial charge in [-0.3, -0.25) is 14.5 Å². The first-order valence-electron chi connectivity index (χ1n) is 6.91. The number of amides is 2. The third-order valence-electron chi connectivity index (χ3n) is 3.71. The largest absolute Gasteiger partial charge is 0.343 e. The highest BCUT2D eigenvalue weighted by atomic mass is 79.9. The number of carbonyl (C=O) groups is 2. The molecule has 2 rings (SSSR count). The van der Waals surface area contributed by atoms with Gasteiger partial charge in [0.2, 0.25) is 11.8 Å². The van der Waals surface area contributed by atoms with Gasteiger partial charge in [-0.2, -0.15) is 0 Å². The zero-order valence-corrected chi connectivity index (χ0v) is 13.5. The van der Waals surface area contributed by atoms with E-state index >= 15 is 0 Å². The van der Waals surface area contributed by atoms with Crippen molar-refractivity contribution in [3.8, 4) is 0 Å². The van der Waals surface area contributed by atoms with Crippen LogP contribution in [-0.2, 0) is 16.0 Å². The van der Waals surface area contributed by atoms with Crippen LogP contribution >= 0.6 is 15.9 Å². The maximum absolute atomic E-state index is 12.6. The SMILES string of the molecule is CCc1cc(Br)ccc1N1C(=O)C(CC)NC(=O)C1C. The van der Waals surface area contributed by atoms with Gasteiger partial charge in [0.25, 0.3) is 0 Å². The molecule has 1 fully saturated rings. The number of benzene rings is 1. The number of nitrogens with zero attached hydrogens (tertiary/aromatic N) is 1. The number of carbonyl (C=O) groups excluding carboxylic acids is 2. The van der Waals surface area contributed by atoms with E-state index in [1.165, 1.54) is 0 Å². The van der Waals surface area contributed by atoms with E-state index in [4.69, 9.17) is 0 Å². The van der Waals surface area contributed by atoms with Crippen molar-refractivity contribution in [1.29, 1.82) is 0 Å². The van der Waals surface area contributed by atoms with Crippen molar-refractivity contribution in [2.24, 2.45) is 0 Å². The predicted octanol–water partition coefficient (Wildman–Crippen LogP) is 2.64. The number of nitrogens with one attached hydrogen (secondary N) is 1. The van der Waals surface area contributed by atoms with Crippen molar-refractivity contribution in [2.75, 3.05) is 4.90 Å². The first-order chi connectivity index (χ1) is 9.49. The fourth-order valence-corrected chi connectivity index (χ4v) is 2.91. The number of rotatable bonds is 3. The molecule has 2 amide bonds. The molecule has 0 aromatic heterocycles. The molecule has 1 aromatic carbocycles.